The van der Waals surface area contributed by atoms with Crippen molar-refractivity contribution in [2.45, 2.75) is 13.1 Å². The van der Waals surface area contributed by atoms with E-state index in [2.05, 4.69) is 10.4 Å². The first-order valence-corrected chi connectivity index (χ1v) is 9.32. The van der Waals surface area contributed by atoms with Gasteiger partial charge in [-0.25, -0.2) is 4.39 Å². The predicted molar refractivity (Wildman–Crippen MR) is 113 cm³/mol. The van der Waals surface area contributed by atoms with Crippen LogP contribution in [0.2, 0.25) is 5.02 Å². The van der Waals surface area contributed by atoms with Crippen LogP contribution in [0.4, 0.5) is 15.8 Å². The second-order valence-corrected chi connectivity index (χ2v) is 7.26. The Hall–Kier alpha value is -3.30. The Morgan fingerprint density at radius 2 is 1.93 bits per heavy atom. The first-order valence-electron chi connectivity index (χ1n) is 8.95. The molecular weight excluding hydrogens is 413 g/mol. The number of hydrogen-bond donors (Lipinski definition) is 1. The zero-order chi connectivity index (χ0) is 21.8. The number of non-ortho nitro benzene ring substituents is 1. The molecule has 0 aliphatic carbocycles. The molecule has 0 aliphatic rings. The second-order valence-electron chi connectivity index (χ2n) is 6.88. The van der Waals surface area contributed by atoms with Crippen LogP contribution in [0.5, 0.6) is 0 Å². The van der Waals surface area contributed by atoms with E-state index >= 15 is 0 Å². The fraction of sp³-hybridized carbons (Fsp3) is 0.200. The molecule has 2 aromatic carbocycles. The number of benzene rings is 2. The number of anilines is 1. The number of hydrogen-bond acceptors (Lipinski definition) is 6. The summed E-state index contributed by atoms with van der Waals surface area (Å²) in [5.41, 5.74) is 1.25. The molecule has 0 spiro atoms. The minimum atomic E-state index is -0.581. The molecule has 1 N–H and O–H groups in total. The Bertz CT molecular complexity index is 1130. The Kier molecular flexibility index (Phi) is 6.43. The molecule has 10 heteroatoms. The van der Waals surface area contributed by atoms with Crippen LogP contribution in [0.3, 0.4) is 0 Å². The van der Waals surface area contributed by atoms with Crippen LogP contribution < -0.4 is 10.9 Å². The topological polar surface area (TPSA) is 93.3 Å². The molecular formula is C20H19ClFN5O3. The quantitative estimate of drug-likeness (QED) is 0.453. The van der Waals surface area contributed by atoms with Crippen molar-refractivity contribution < 1.29 is 9.31 Å². The van der Waals surface area contributed by atoms with Gasteiger partial charge in [0.15, 0.2) is 0 Å². The molecule has 1 aromatic heterocycles. The van der Waals surface area contributed by atoms with Crippen LogP contribution in [0.1, 0.15) is 11.1 Å². The van der Waals surface area contributed by atoms with E-state index in [-0.39, 0.29) is 23.1 Å². The van der Waals surface area contributed by atoms with E-state index in [1.807, 2.05) is 19.0 Å². The summed E-state index contributed by atoms with van der Waals surface area (Å²) >= 11 is 6.19. The SMILES string of the molecule is CN(C)Cc1ccc(CNc2cnn(-c3ccc([N+](=O)[O-])cc3)c(=O)c2Cl)cc1F. The third-order valence-electron chi connectivity index (χ3n) is 4.31. The maximum atomic E-state index is 14.2. The van der Waals surface area contributed by atoms with Crippen molar-refractivity contribution in [3.63, 3.8) is 0 Å². The van der Waals surface area contributed by atoms with Gasteiger partial charge >= 0.3 is 0 Å². The summed E-state index contributed by atoms with van der Waals surface area (Å²) in [5.74, 6) is -0.305. The van der Waals surface area contributed by atoms with Gasteiger partial charge in [-0.3, -0.25) is 14.9 Å². The smallest absolute Gasteiger partial charge is 0.292 e. The number of rotatable bonds is 7. The largest absolute Gasteiger partial charge is 0.378 e. The molecule has 0 atom stereocenters. The first-order chi connectivity index (χ1) is 14.3. The Labute approximate surface area is 176 Å². The predicted octanol–water partition coefficient (Wildman–Crippen LogP) is 3.61. The van der Waals surface area contributed by atoms with E-state index in [0.29, 0.717) is 29.0 Å². The van der Waals surface area contributed by atoms with Crippen molar-refractivity contribution in [3.05, 3.63) is 91.1 Å². The summed E-state index contributed by atoms with van der Waals surface area (Å²) in [5, 5.41) is 17.7. The lowest BCUT2D eigenvalue weighted by Crippen LogP contribution is -2.22. The fourth-order valence-electron chi connectivity index (χ4n) is 2.82. The molecule has 0 saturated heterocycles. The van der Waals surface area contributed by atoms with Gasteiger partial charge in [0, 0.05) is 30.8 Å². The first kappa shape index (κ1) is 21.4. The molecule has 3 rings (SSSR count). The monoisotopic (exact) mass is 431 g/mol. The van der Waals surface area contributed by atoms with Gasteiger partial charge in [0.05, 0.1) is 22.5 Å². The normalized spacial score (nSPS) is 11.0. The molecule has 0 amide bonds. The lowest BCUT2D eigenvalue weighted by atomic mass is 10.1. The number of halogens is 2. The highest BCUT2D eigenvalue weighted by atomic mass is 35.5. The molecule has 0 bridgehead atoms. The Balaban J connectivity index is 1.77. The average Bonchev–Trinajstić information content (AvgIpc) is 2.71. The van der Waals surface area contributed by atoms with Crippen LogP contribution in [0.15, 0.2) is 53.5 Å². The van der Waals surface area contributed by atoms with Crippen LogP contribution >= 0.6 is 11.6 Å². The summed E-state index contributed by atoms with van der Waals surface area (Å²) in [6.07, 6.45) is 1.38. The lowest BCUT2D eigenvalue weighted by Gasteiger charge is -2.13. The van der Waals surface area contributed by atoms with E-state index in [9.17, 15) is 19.3 Å². The summed E-state index contributed by atoms with van der Waals surface area (Å²) in [6.45, 7) is 0.748. The van der Waals surface area contributed by atoms with Gasteiger partial charge in [-0.15, -0.1) is 0 Å². The number of nitrogens with zero attached hydrogens (tertiary/aromatic N) is 4. The number of nitro benzene ring substituents is 1. The molecule has 0 aliphatic heterocycles. The molecule has 156 valence electrons. The van der Waals surface area contributed by atoms with Crippen molar-refractivity contribution in [3.8, 4) is 5.69 Å². The Morgan fingerprint density at radius 1 is 1.23 bits per heavy atom. The van der Waals surface area contributed by atoms with Gasteiger partial charge in [-0.05, 0) is 37.9 Å². The minimum Gasteiger partial charge on any atom is -0.378 e. The maximum absolute atomic E-state index is 14.2. The zero-order valence-electron chi connectivity index (χ0n) is 16.3. The number of aromatic nitrogens is 2. The standard InChI is InChI=1S/C20H19ClFN5O3/c1-25(2)12-14-4-3-13(9-17(14)22)10-23-18-11-24-26(20(28)19(18)21)15-5-7-16(8-6-15)27(29)30/h3-9,11,23H,10,12H2,1-2H3. The van der Waals surface area contributed by atoms with Crippen molar-refractivity contribution in [1.29, 1.82) is 0 Å². The van der Waals surface area contributed by atoms with E-state index < -0.39 is 10.5 Å². The van der Waals surface area contributed by atoms with Crippen LogP contribution in [0, 0.1) is 15.9 Å². The van der Waals surface area contributed by atoms with Gasteiger partial charge < -0.3 is 10.2 Å². The summed E-state index contributed by atoms with van der Waals surface area (Å²) in [7, 11) is 3.73. The lowest BCUT2D eigenvalue weighted by molar-refractivity contribution is -0.384. The Morgan fingerprint density at radius 3 is 2.53 bits per heavy atom. The van der Waals surface area contributed by atoms with Crippen LogP contribution in [-0.4, -0.2) is 33.7 Å². The molecule has 0 fully saturated rings. The molecule has 30 heavy (non-hydrogen) atoms. The van der Waals surface area contributed by atoms with Gasteiger partial charge in [-0.2, -0.15) is 9.78 Å². The molecule has 1 heterocycles. The van der Waals surface area contributed by atoms with Crippen LogP contribution in [0.25, 0.3) is 5.69 Å². The van der Waals surface area contributed by atoms with Crippen molar-refractivity contribution >= 4 is 23.0 Å². The van der Waals surface area contributed by atoms with Gasteiger partial charge in [-0.1, -0.05) is 23.7 Å². The molecule has 3 aromatic rings. The minimum absolute atomic E-state index is 0.0898. The van der Waals surface area contributed by atoms with E-state index in [4.69, 9.17) is 11.6 Å². The fourth-order valence-corrected chi connectivity index (χ4v) is 3.02. The summed E-state index contributed by atoms with van der Waals surface area (Å²) < 4.78 is 15.3. The highest BCUT2D eigenvalue weighted by Crippen LogP contribution is 2.20. The maximum Gasteiger partial charge on any atom is 0.292 e. The highest BCUT2D eigenvalue weighted by Gasteiger charge is 2.13. The molecule has 8 nitrogen and oxygen atoms in total. The van der Waals surface area contributed by atoms with Gasteiger partial charge in [0.1, 0.15) is 10.8 Å². The van der Waals surface area contributed by atoms with E-state index in [0.717, 1.165) is 4.68 Å². The van der Waals surface area contributed by atoms with Crippen molar-refractivity contribution in [2.75, 3.05) is 19.4 Å². The van der Waals surface area contributed by atoms with E-state index in [1.54, 1.807) is 12.1 Å². The van der Waals surface area contributed by atoms with Crippen LogP contribution in [-0.2, 0) is 13.1 Å². The zero-order valence-corrected chi connectivity index (χ0v) is 17.1. The second kappa shape index (κ2) is 9.02. The number of nitrogens with one attached hydrogen (secondary N) is 1. The molecule has 0 saturated carbocycles. The van der Waals surface area contributed by atoms with Crippen molar-refractivity contribution in [1.82, 2.24) is 14.7 Å². The summed E-state index contributed by atoms with van der Waals surface area (Å²) in [4.78, 5) is 24.7. The van der Waals surface area contributed by atoms with Gasteiger partial charge in [0.2, 0.25) is 0 Å². The number of nitro groups is 1. The molecule has 0 unspecified atom stereocenters. The molecule has 0 radical (unpaired) electrons. The van der Waals surface area contributed by atoms with Gasteiger partial charge in [0.25, 0.3) is 11.2 Å². The van der Waals surface area contributed by atoms with Crippen molar-refractivity contribution in [2.24, 2.45) is 0 Å². The average molecular weight is 432 g/mol. The summed E-state index contributed by atoms with van der Waals surface area (Å²) in [6, 6.07) is 10.3. The van der Waals surface area contributed by atoms with E-state index in [1.165, 1.54) is 36.5 Å². The third kappa shape index (κ3) is 4.81. The highest BCUT2D eigenvalue weighted by molar-refractivity contribution is 6.32. The third-order valence-corrected chi connectivity index (χ3v) is 4.68.